The van der Waals surface area contributed by atoms with E-state index in [-0.39, 0.29) is 23.3 Å². The van der Waals surface area contributed by atoms with Gasteiger partial charge in [-0.3, -0.25) is 9.69 Å². The molecule has 0 spiro atoms. The number of carbonyl (C=O) groups is 1. The normalized spacial score (nSPS) is 17.7. The Kier molecular flexibility index (Phi) is 7.68. The van der Waals surface area contributed by atoms with Crippen LogP contribution in [-0.2, 0) is 4.79 Å². The summed E-state index contributed by atoms with van der Waals surface area (Å²) in [5.74, 6) is 1.00. The molecule has 0 saturated carbocycles. The van der Waals surface area contributed by atoms with Gasteiger partial charge in [0.25, 0.3) is 0 Å². The Morgan fingerprint density at radius 3 is 2.22 bits per heavy atom. The van der Waals surface area contributed by atoms with Gasteiger partial charge in [-0.25, -0.2) is 0 Å². The zero-order chi connectivity index (χ0) is 20.0. The van der Waals surface area contributed by atoms with Crippen LogP contribution in [0.3, 0.4) is 0 Å². The molecule has 0 bridgehead atoms. The summed E-state index contributed by atoms with van der Waals surface area (Å²) in [4.78, 5) is 18.0. The number of methoxy groups -OCH3 is 1. The average Bonchev–Trinajstić information content (AvgIpc) is 2.67. The van der Waals surface area contributed by atoms with E-state index in [9.17, 15) is 4.79 Å². The van der Waals surface area contributed by atoms with E-state index in [0.717, 1.165) is 44.0 Å². The van der Waals surface area contributed by atoms with Crippen molar-refractivity contribution in [2.75, 3.05) is 46.4 Å². The van der Waals surface area contributed by atoms with Crippen LogP contribution in [0, 0.1) is 5.92 Å². The second-order valence-electron chi connectivity index (χ2n) is 8.45. The molecule has 1 aromatic rings. The summed E-state index contributed by atoms with van der Waals surface area (Å²) < 4.78 is 5.24. The van der Waals surface area contributed by atoms with Gasteiger partial charge < -0.3 is 15.0 Å². The maximum absolute atomic E-state index is 13.0. The molecule has 152 valence electrons. The van der Waals surface area contributed by atoms with Gasteiger partial charge in [0.15, 0.2) is 0 Å². The number of likely N-dealkylation sites (N-methyl/N-ethyl adjacent to an activating group) is 1. The Labute approximate surface area is 165 Å². The van der Waals surface area contributed by atoms with Crippen molar-refractivity contribution >= 4 is 5.91 Å². The van der Waals surface area contributed by atoms with Crippen molar-refractivity contribution in [2.24, 2.45) is 5.92 Å². The van der Waals surface area contributed by atoms with Crippen LogP contribution < -0.4 is 10.1 Å². The number of rotatable bonds is 8. The minimum Gasteiger partial charge on any atom is -0.497 e. The van der Waals surface area contributed by atoms with E-state index in [1.54, 1.807) is 7.11 Å². The molecule has 0 aliphatic carbocycles. The van der Waals surface area contributed by atoms with Gasteiger partial charge in [-0.15, -0.1) is 0 Å². The van der Waals surface area contributed by atoms with E-state index in [1.807, 2.05) is 24.3 Å². The Morgan fingerprint density at radius 1 is 1.15 bits per heavy atom. The molecule has 1 atom stereocenters. The Bertz CT molecular complexity index is 590. The molecule has 1 unspecified atom stereocenters. The average molecular weight is 376 g/mol. The number of nitrogens with one attached hydrogen (secondary N) is 1. The summed E-state index contributed by atoms with van der Waals surface area (Å²) in [5, 5.41) is 3.23. The molecule has 2 rings (SSSR count). The Hall–Kier alpha value is -1.59. The number of hydrogen-bond donors (Lipinski definition) is 1. The van der Waals surface area contributed by atoms with Crippen LogP contribution >= 0.6 is 0 Å². The lowest BCUT2D eigenvalue weighted by Gasteiger charge is -2.44. The highest BCUT2D eigenvalue weighted by atomic mass is 16.5. The summed E-state index contributed by atoms with van der Waals surface area (Å²) in [7, 11) is 1.66. The second kappa shape index (κ2) is 9.56. The first-order valence-electron chi connectivity index (χ1n) is 10.2. The number of nitrogens with zero attached hydrogens (tertiary/aromatic N) is 2. The maximum Gasteiger partial charge on any atom is 0.227 e. The van der Waals surface area contributed by atoms with Gasteiger partial charge >= 0.3 is 0 Å². The van der Waals surface area contributed by atoms with E-state index in [2.05, 4.69) is 49.7 Å². The highest BCUT2D eigenvalue weighted by Crippen LogP contribution is 2.27. The zero-order valence-corrected chi connectivity index (χ0v) is 17.9. The molecule has 5 heteroatoms. The van der Waals surface area contributed by atoms with Crippen LogP contribution in [0.5, 0.6) is 5.75 Å². The van der Waals surface area contributed by atoms with Crippen molar-refractivity contribution in [3.05, 3.63) is 29.8 Å². The van der Waals surface area contributed by atoms with Crippen LogP contribution in [0.25, 0.3) is 0 Å². The topological polar surface area (TPSA) is 44.8 Å². The fraction of sp³-hybridized carbons (Fsp3) is 0.682. The van der Waals surface area contributed by atoms with Crippen LogP contribution in [0.1, 0.15) is 46.1 Å². The number of carbonyl (C=O) groups excluding carboxylic acids is 1. The lowest BCUT2D eigenvalue weighted by atomic mass is 9.87. The van der Waals surface area contributed by atoms with Crippen LogP contribution in [0.2, 0.25) is 0 Å². The van der Waals surface area contributed by atoms with Crippen molar-refractivity contribution < 1.29 is 9.53 Å². The molecule has 1 amide bonds. The van der Waals surface area contributed by atoms with E-state index in [0.29, 0.717) is 6.54 Å². The molecule has 1 saturated heterocycles. The number of hydrogen-bond acceptors (Lipinski definition) is 4. The van der Waals surface area contributed by atoms with Gasteiger partial charge in [0.1, 0.15) is 5.75 Å². The van der Waals surface area contributed by atoms with Gasteiger partial charge in [0.2, 0.25) is 5.91 Å². The molecule has 1 aliphatic heterocycles. The fourth-order valence-corrected chi connectivity index (χ4v) is 3.84. The first kappa shape index (κ1) is 21.7. The smallest absolute Gasteiger partial charge is 0.227 e. The van der Waals surface area contributed by atoms with Crippen molar-refractivity contribution in [3.63, 3.8) is 0 Å². The lowest BCUT2D eigenvalue weighted by Crippen LogP contribution is -2.58. The quantitative estimate of drug-likeness (QED) is 0.759. The summed E-state index contributed by atoms with van der Waals surface area (Å²) >= 11 is 0. The zero-order valence-electron chi connectivity index (χ0n) is 17.9. The SMILES string of the molecule is CCN1CCN(C(C)(C)CNC(=O)C(c2ccc(OC)cc2)C(C)C)CC1. The first-order valence-corrected chi connectivity index (χ1v) is 10.2. The predicted octanol–water partition coefficient (Wildman–Crippen LogP) is 2.97. The molecule has 1 fully saturated rings. The molecule has 1 heterocycles. The van der Waals surface area contributed by atoms with Gasteiger partial charge in [0, 0.05) is 38.3 Å². The molecular formula is C22H37N3O2. The van der Waals surface area contributed by atoms with Gasteiger partial charge in [-0.1, -0.05) is 32.9 Å². The molecule has 0 aromatic heterocycles. The minimum atomic E-state index is -0.149. The van der Waals surface area contributed by atoms with Gasteiger partial charge in [-0.05, 0) is 44.0 Å². The fourth-order valence-electron chi connectivity index (χ4n) is 3.84. The molecule has 27 heavy (non-hydrogen) atoms. The van der Waals surface area contributed by atoms with Gasteiger partial charge in [-0.2, -0.15) is 0 Å². The largest absolute Gasteiger partial charge is 0.497 e. The number of benzene rings is 1. The summed E-state index contributed by atoms with van der Waals surface area (Å²) in [6, 6.07) is 7.85. The third-order valence-electron chi connectivity index (χ3n) is 5.79. The minimum absolute atomic E-state index is 0.0447. The highest BCUT2D eigenvalue weighted by molar-refractivity contribution is 5.84. The Morgan fingerprint density at radius 2 is 1.74 bits per heavy atom. The van der Waals surface area contributed by atoms with Crippen LogP contribution in [-0.4, -0.2) is 67.6 Å². The molecular weight excluding hydrogens is 338 g/mol. The highest BCUT2D eigenvalue weighted by Gasteiger charge is 2.31. The third-order valence-corrected chi connectivity index (χ3v) is 5.79. The van der Waals surface area contributed by atoms with E-state index >= 15 is 0 Å². The van der Waals surface area contributed by atoms with Crippen LogP contribution in [0.4, 0.5) is 0 Å². The molecule has 0 radical (unpaired) electrons. The standard InChI is InChI=1S/C22H37N3O2/c1-7-24-12-14-25(15-13-24)22(4,5)16-23-21(26)20(17(2)3)18-8-10-19(27-6)11-9-18/h8-11,17,20H,7,12-16H2,1-6H3,(H,23,26). The van der Waals surface area contributed by atoms with E-state index in [1.165, 1.54) is 0 Å². The first-order chi connectivity index (χ1) is 12.8. The summed E-state index contributed by atoms with van der Waals surface area (Å²) in [6.07, 6.45) is 0. The summed E-state index contributed by atoms with van der Waals surface area (Å²) in [6.45, 7) is 17.0. The van der Waals surface area contributed by atoms with Crippen molar-refractivity contribution in [1.82, 2.24) is 15.1 Å². The third kappa shape index (κ3) is 5.69. The molecule has 1 aromatic carbocycles. The molecule has 1 N–H and O–H groups in total. The summed E-state index contributed by atoms with van der Waals surface area (Å²) in [5.41, 5.74) is 0.995. The second-order valence-corrected chi connectivity index (χ2v) is 8.45. The number of amides is 1. The van der Waals surface area contributed by atoms with Crippen molar-refractivity contribution in [1.29, 1.82) is 0 Å². The number of ether oxygens (including phenoxy) is 1. The van der Waals surface area contributed by atoms with Crippen molar-refractivity contribution in [2.45, 2.75) is 46.1 Å². The van der Waals surface area contributed by atoms with Gasteiger partial charge in [0.05, 0.1) is 13.0 Å². The van der Waals surface area contributed by atoms with E-state index in [4.69, 9.17) is 4.74 Å². The monoisotopic (exact) mass is 375 g/mol. The lowest BCUT2D eigenvalue weighted by molar-refractivity contribution is -0.124. The van der Waals surface area contributed by atoms with Crippen molar-refractivity contribution in [3.8, 4) is 5.75 Å². The van der Waals surface area contributed by atoms with E-state index < -0.39 is 0 Å². The Balaban J connectivity index is 1.98. The number of piperazine rings is 1. The molecule has 5 nitrogen and oxygen atoms in total. The predicted molar refractivity (Wildman–Crippen MR) is 111 cm³/mol. The maximum atomic E-state index is 13.0. The molecule has 1 aliphatic rings. The van der Waals surface area contributed by atoms with Crippen LogP contribution in [0.15, 0.2) is 24.3 Å².